The van der Waals surface area contributed by atoms with E-state index in [1.54, 1.807) is 13.8 Å². The van der Waals surface area contributed by atoms with Crippen LogP contribution in [0, 0.1) is 0 Å². The van der Waals surface area contributed by atoms with Gasteiger partial charge in [-0.2, -0.15) is 0 Å². The van der Waals surface area contributed by atoms with Gasteiger partial charge in [0.2, 0.25) is 11.8 Å². The molecule has 0 heterocycles. The van der Waals surface area contributed by atoms with Crippen LogP contribution in [0.2, 0.25) is 0 Å². The molecule has 0 saturated carbocycles. The van der Waals surface area contributed by atoms with Gasteiger partial charge in [0.15, 0.2) is 0 Å². The number of hydrogen-bond acceptors (Lipinski definition) is 4. The van der Waals surface area contributed by atoms with Gasteiger partial charge in [0, 0.05) is 13.3 Å². The van der Waals surface area contributed by atoms with Crippen molar-refractivity contribution in [1.29, 1.82) is 0 Å². The summed E-state index contributed by atoms with van der Waals surface area (Å²) in [5.41, 5.74) is 4.97. The lowest BCUT2D eigenvalue weighted by molar-refractivity contribution is -0.151. The van der Waals surface area contributed by atoms with E-state index in [-0.39, 0.29) is 24.9 Å². The molecule has 6 heteroatoms. The van der Waals surface area contributed by atoms with Crippen LogP contribution in [0.15, 0.2) is 0 Å². The summed E-state index contributed by atoms with van der Waals surface area (Å²) >= 11 is 0. The number of nitrogens with two attached hydrogens (primary N) is 1. The summed E-state index contributed by atoms with van der Waals surface area (Å²) in [6.07, 6.45) is -0.0872. The quantitative estimate of drug-likeness (QED) is 0.612. The number of esters is 1. The van der Waals surface area contributed by atoms with Gasteiger partial charge in [-0.15, -0.1) is 0 Å². The second kappa shape index (κ2) is 6.81. The minimum absolute atomic E-state index is 0.0259. The molecule has 2 amide bonds. The number of amides is 2. The Morgan fingerprint density at radius 3 is 2.25 bits per heavy atom. The molecular formula is C10H18N2O4. The Morgan fingerprint density at radius 1 is 1.31 bits per heavy atom. The first-order valence-electron chi connectivity index (χ1n) is 5.08. The van der Waals surface area contributed by atoms with Crippen LogP contribution in [0.4, 0.5) is 0 Å². The predicted molar refractivity (Wildman–Crippen MR) is 57.3 cm³/mol. The number of carbonyl (C=O) groups is 3. The second-order valence-electron chi connectivity index (χ2n) is 3.74. The molecule has 0 aromatic heterocycles. The molecule has 1 unspecified atom stereocenters. The summed E-state index contributed by atoms with van der Waals surface area (Å²) < 4.78 is 4.94. The van der Waals surface area contributed by atoms with Crippen molar-refractivity contribution in [3.63, 3.8) is 0 Å². The van der Waals surface area contributed by atoms with Crippen molar-refractivity contribution in [1.82, 2.24) is 5.32 Å². The second-order valence-corrected chi connectivity index (χ2v) is 3.74. The first-order chi connectivity index (χ1) is 7.32. The minimum Gasteiger partial charge on any atom is -0.461 e. The van der Waals surface area contributed by atoms with E-state index in [4.69, 9.17) is 10.5 Å². The van der Waals surface area contributed by atoms with Crippen molar-refractivity contribution in [2.24, 2.45) is 5.73 Å². The van der Waals surface area contributed by atoms with Crippen molar-refractivity contribution in [3.8, 4) is 0 Å². The van der Waals surface area contributed by atoms with Gasteiger partial charge in [-0.1, -0.05) is 0 Å². The smallest absolute Gasteiger partial charge is 0.328 e. The summed E-state index contributed by atoms with van der Waals surface area (Å²) in [6.45, 7) is 4.70. The molecule has 0 fully saturated rings. The van der Waals surface area contributed by atoms with Gasteiger partial charge in [-0.05, 0) is 20.3 Å². The van der Waals surface area contributed by atoms with Gasteiger partial charge < -0.3 is 15.8 Å². The molecule has 0 spiro atoms. The molecule has 0 aromatic rings. The Bertz CT molecular complexity index is 276. The maximum atomic E-state index is 11.5. The summed E-state index contributed by atoms with van der Waals surface area (Å²) in [6, 6.07) is -0.813. The standard InChI is InChI=1S/C10H18N2O4/c1-6(2)16-10(15)8(12-7(3)13)4-5-9(11)14/h6,8H,4-5H2,1-3H3,(H2,11,14)(H,12,13). The van der Waals surface area contributed by atoms with Crippen LogP contribution >= 0.6 is 0 Å². The summed E-state index contributed by atoms with van der Waals surface area (Å²) in [5.74, 6) is -1.42. The van der Waals surface area contributed by atoms with Gasteiger partial charge >= 0.3 is 5.97 Å². The number of ether oxygens (including phenoxy) is 1. The number of rotatable bonds is 6. The molecule has 0 saturated heterocycles. The van der Waals surface area contributed by atoms with E-state index in [1.807, 2.05) is 0 Å². The topological polar surface area (TPSA) is 98.5 Å². The van der Waals surface area contributed by atoms with E-state index in [0.717, 1.165) is 0 Å². The number of primary amides is 1. The fourth-order valence-corrected chi connectivity index (χ4v) is 1.10. The van der Waals surface area contributed by atoms with Crippen LogP contribution in [-0.2, 0) is 19.1 Å². The fraction of sp³-hybridized carbons (Fsp3) is 0.700. The molecule has 0 bridgehead atoms. The van der Waals surface area contributed by atoms with Crippen LogP contribution < -0.4 is 11.1 Å². The highest BCUT2D eigenvalue weighted by Gasteiger charge is 2.22. The maximum Gasteiger partial charge on any atom is 0.328 e. The van der Waals surface area contributed by atoms with Gasteiger partial charge in [-0.25, -0.2) is 4.79 Å². The van der Waals surface area contributed by atoms with Crippen molar-refractivity contribution in [3.05, 3.63) is 0 Å². The van der Waals surface area contributed by atoms with Crippen molar-refractivity contribution >= 4 is 17.8 Å². The average molecular weight is 230 g/mol. The first-order valence-corrected chi connectivity index (χ1v) is 5.08. The Hall–Kier alpha value is -1.59. The molecule has 0 rings (SSSR count). The van der Waals surface area contributed by atoms with E-state index in [0.29, 0.717) is 0 Å². The third-order valence-corrected chi connectivity index (χ3v) is 1.69. The molecule has 1 atom stereocenters. The SMILES string of the molecule is CC(=O)NC(CCC(N)=O)C(=O)OC(C)C. The van der Waals surface area contributed by atoms with Crippen LogP contribution in [0.1, 0.15) is 33.6 Å². The van der Waals surface area contributed by atoms with Gasteiger partial charge in [0.1, 0.15) is 6.04 Å². The molecule has 16 heavy (non-hydrogen) atoms. The van der Waals surface area contributed by atoms with Crippen LogP contribution in [-0.4, -0.2) is 29.9 Å². The molecule has 0 radical (unpaired) electrons. The highest BCUT2D eigenvalue weighted by atomic mass is 16.5. The highest BCUT2D eigenvalue weighted by Crippen LogP contribution is 2.02. The molecule has 0 aliphatic carbocycles. The molecular weight excluding hydrogens is 212 g/mol. The van der Waals surface area contributed by atoms with Crippen LogP contribution in [0.25, 0.3) is 0 Å². The number of nitrogens with one attached hydrogen (secondary N) is 1. The zero-order valence-corrected chi connectivity index (χ0v) is 9.78. The van der Waals surface area contributed by atoms with E-state index in [9.17, 15) is 14.4 Å². The Balaban J connectivity index is 4.34. The number of hydrogen-bond donors (Lipinski definition) is 2. The summed E-state index contributed by atoms with van der Waals surface area (Å²) in [7, 11) is 0. The molecule has 92 valence electrons. The first kappa shape index (κ1) is 14.4. The number of carbonyl (C=O) groups excluding carboxylic acids is 3. The zero-order chi connectivity index (χ0) is 12.7. The molecule has 0 aromatic carbocycles. The van der Waals surface area contributed by atoms with Gasteiger partial charge in [-0.3, -0.25) is 9.59 Å². The Morgan fingerprint density at radius 2 is 1.88 bits per heavy atom. The molecule has 3 N–H and O–H groups in total. The average Bonchev–Trinajstić information content (AvgIpc) is 2.09. The van der Waals surface area contributed by atoms with E-state index >= 15 is 0 Å². The van der Waals surface area contributed by atoms with Crippen LogP contribution in [0.5, 0.6) is 0 Å². The van der Waals surface area contributed by atoms with Crippen molar-refractivity contribution < 1.29 is 19.1 Å². The zero-order valence-electron chi connectivity index (χ0n) is 9.78. The van der Waals surface area contributed by atoms with Gasteiger partial charge in [0.25, 0.3) is 0 Å². The van der Waals surface area contributed by atoms with Gasteiger partial charge in [0.05, 0.1) is 6.10 Å². The summed E-state index contributed by atoms with van der Waals surface area (Å²) in [4.78, 5) is 33.0. The normalized spacial score (nSPS) is 12.0. The largest absolute Gasteiger partial charge is 0.461 e. The highest BCUT2D eigenvalue weighted by molar-refractivity contribution is 5.84. The van der Waals surface area contributed by atoms with Crippen molar-refractivity contribution in [2.45, 2.75) is 45.8 Å². The van der Waals surface area contributed by atoms with E-state index in [2.05, 4.69) is 5.32 Å². The van der Waals surface area contributed by atoms with Crippen molar-refractivity contribution in [2.75, 3.05) is 0 Å². The predicted octanol–water partition coefficient (Wildman–Crippen LogP) is -0.292. The third kappa shape index (κ3) is 6.80. The third-order valence-electron chi connectivity index (χ3n) is 1.69. The van der Waals surface area contributed by atoms with E-state index in [1.165, 1.54) is 6.92 Å². The lowest BCUT2D eigenvalue weighted by Gasteiger charge is -2.17. The Kier molecular flexibility index (Phi) is 6.14. The minimum atomic E-state index is -0.813. The van der Waals surface area contributed by atoms with E-state index < -0.39 is 17.9 Å². The summed E-state index contributed by atoms with van der Waals surface area (Å²) in [5, 5.41) is 2.42. The molecule has 0 aliphatic heterocycles. The molecule has 6 nitrogen and oxygen atoms in total. The van der Waals surface area contributed by atoms with Crippen LogP contribution in [0.3, 0.4) is 0 Å². The maximum absolute atomic E-state index is 11.5. The monoisotopic (exact) mass is 230 g/mol. The Labute approximate surface area is 94.5 Å². The molecule has 0 aliphatic rings. The lowest BCUT2D eigenvalue weighted by Crippen LogP contribution is -2.42. The fourth-order valence-electron chi connectivity index (χ4n) is 1.10. The lowest BCUT2D eigenvalue weighted by atomic mass is 10.1.